The van der Waals surface area contributed by atoms with Gasteiger partial charge in [0.2, 0.25) is 5.95 Å². The number of carboxylic acids is 1. The number of aliphatic carboxylic acids is 1. The van der Waals surface area contributed by atoms with Crippen molar-refractivity contribution in [2.45, 2.75) is 58.5 Å². The highest BCUT2D eigenvalue weighted by molar-refractivity contribution is 7.17. The summed E-state index contributed by atoms with van der Waals surface area (Å²) in [4.78, 5) is 27.4. The number of benzene rings is 1. The van der Waals surface area contributed by atoms with Crippen LogP contribution >= 0.6 is 34.5 Å². The van der Waals surface area contributed by atoms with Gasteiger partial charge in [-0.05, 0) is 93.5 Å². The third kappa shape index (κ3) is 5.09. The van der Waals surface area contributed by atoms with Gasteiger partial charge in [-0.15, -0.1) is 11.3 Å². The van der Waals surface area contributed by atoms with Gasteiger partial charge in [-0.2, -0.15) is 4.98 Å². The Kier molecular flexibility index (Phi) is 7.19. The summed E-state index contributed by atoms with van der Waals surface area (Å²) in [5.74, 6) is 2.22. The number of piperidine rings is 1. The summed E-state index contributed by atoms with van der Waals surface area (Å²) >= 11 is 14.3. The molecule has 3 aromatic rings. The zero-order chi connectivity index (χ0) is 27.5. The van der Waals surface area contributed by atoms with Gasteiger partial charge in [0.05, 0.1) is 16.8 Å². The van der Waals surface area contributed by atoms with Crippen molar-refractivity contribution in [3.63, 3.8) is 0 Å². The fourth-order valence-electron chi connectivity index (χ4n) is 6.60. The van der Waals surface area contributed by atoms with Gasteiger partial charge in [-0.3, -0.25) is 4.79 Å². The molecule has 4 heterocycles. The summed E-state index contributed by atoms with van der Waals surface area (Å²) in [6, 6.07) is 5.96. The van der Waals surface area contributed by atoms with Crippen LogP contribution in [0.1, 0.15) is 56.7 Å². The number of aryl methyl sites for hydroxylation is 1. The first-order valence-electron chi connectivity index (χ1n) is 13.8. The first kappa shape index (κ1) is 27.1. The molecule has 208 valence electrons. The van der Waals surface area contributed by atoms with Crippen LogP contribution in [0.15, 0.2) is 23.6 Å². The molecule has 0 radical (unpaired) electrons. The second-order valence-electron chi connectivity index (χ2n) is 12.0. The first-order valence-corrected chi connectivity index (χ1v) is 15.4. The highest BCUT2D eigenvalue weighted by Crippen LogP contribution is 2.45. The lowest BCUT2D eigenvalue weighted by Crippen LogP contribution is -2.58. The van der Waals surface area contributed by atoms with Gasteiger partial charge >= 0.3 is 5.97 Å². The van der Waals surface area contributed by atoms with Crippen molar-refractivity contribution in [1.29, 1.82) is 0 Å². The number of hydrogen-bond donors (Lipinski definition) is 2. The maximum Gasteiger partial charge on any atom is 0.309 e. The molecular formula is C29H35Cl2N5O2S. The third-order valence-corrected chi connectivity index (χ3v) is 10.7. The Labute approximate surface area is 243 Å². The summed E-state index contributed by atoms with van der Waals surface area (Å²) in [5, 5.41) is 17.6. The number of likely N-dealkylation sites (tertiary alicyclic amines) is 1. The van der Waals surface area contributed by atoms with Crippen molar-refractivity contribution >= 4 is 62.5 Å². The van der Waals surface area contributed by atoms with Gasteiger partial charge in [0.1, 0.15) is 10.6 Å². The maximum absolute atomic E-state index is 11.5. The molecule has 2 N–H and O–H groups in total. The van der Waals surface area contributed by atoms with E-state index in [1.165, 1.54) is 12.8 Å². The van der Waals surface area contributed by atoms with Gasteiger partial charge in [0.25, 0.3) is 0 Å². The third-order valence-electron chi connectivity index (χ3n) is 9.14. The van der Waals surface area contributed by atoms with E-state index in [0.717, 1.165) is 72.1 Å². The van der Waals surface area contributed by atoms with E-state index in [1.807, 2.05) is 19.1 Å². The minimum Gasteiger partial charge on any atom is -0.481 e. The molecule has 6 rings (SSSR count). The van der Waals surface area contributed by atoms with E-state index in [4.69, 9.17) is 33.2 Å². The summed E-state index contributed by atoms with van der Waals surface area (Å²) in [6.07, 6.45) is 3.98. The van der Waals surface area contributed by atoms with Gasteiger partial charge in [-0.25, -0.2) is 4.98 Å². The predicted octanol–water partition coefficient (Wildman–Crippen LogP) is 6.88. The van der Waals surface area contributed by atoms with E-state index in [0.29, 0.717) is 27.9 Å². The molecular weight excluding hydrogens is 553 g/mol. The highest BCUT2D eigenvalue weighted by atomic mass is 35.5. The monoisotopic (exact) mass is 587 g/mol. The molecule has 10 heteroatoms. The zero-order valence-electron chi connectivity index (χ0n) is 22.6. The Bertz CT molecular complexity index is 1400. The number of fused-ring (bicyclic) bond motifs is 1. The first-order chi connectivity index (χ1) is 18.6. The number of anilines is 2. The number of aromatic nitrogens is 2. The normalized spacial score (nSPS) is 26.7. The lowest BCUT2D eigenvalue weighted by molar-refractivity contribution is -0.158. The van der Waals surface area contributed by atoms with Crippen molar-refractivity contribution in [2.24, 2.45) is 17.3 Å². The SMILES string of the molecule is Cc1csc2nc(N3CC([C@H]4CCCN(C5CC(C)(C(=O)O)C5)C4)C3)nc(NC(C)c3ccc(Cl)cc3Cl)c12. The summed E-state index contributed by atoms with van der Waals surface area (Å²) < 4.78 is 0. The van der Waals surface area contributed by atoms with Crippen molar-refractivity contribution in [3.8, 4) is 0 Å². The average Bonchev–Trinajstić information content (AvgIpc) is 3.22. The number of hydrogen-bond acceptors (Lipinski definition) is 7. The Hall–Kier alpha value is -2.13. The van der Waals surface area contributed by atoms with Crippen LogP contribution in [0.5, 0.6) is 0 Å². The van der Waals surface area contributed by atoms with E-state index in [-0.39, 0.29) is 6.04 Å². The van der Waals surface area contributed by atoms with Crippen LogP contribution in [0, 0.1) is 24.2 Å². The molecule has 3 aliphatic rings. The lowest BCUT2D eigenvalue weighted by Gasteiger charge is -2.52. The van der Waals surface area contributed by atoms with Crippen LogP contribution in [-0.4, -0.2) is 58.2 Å². The smallest absolute Gasteiger partial charge is 0.309 e. The fourth-order valence-corrected chi connectivity index (χ4v) is 8.09. The number of nitrogens with zero attached hydrogens (tertiary/aromatic N) is 4. The number of rotatable bonds is 7. The van der Waals surface area contributed by atoms with Crippen LogP contribution < -0.4 is 10.2 Å². The fraction of sp³-hybridized carbons (Fsp3) is 0.552. The van der Waals surface area contributed by atoms with E-state index < -0.39 is 11.4 Å². The van der Waals surface area contributed by atoms with Crippen LogP contribution in [-0.2, 0) is 4.79 Å². The maximum atomic E-state index is 11.5. The second kappa shape index (κ2) is 10.4. The van der Waals surface area contributed by atoms with Crippen LogP contribution in [0.25, 0.3) is 10.2 Å². The van der Waals surface area contributed by atoms with Crippen molar-refractivity contribution in [3.05, 3.63) is 44.8 Å². The molecule has 7 nitrogen and oxygen atoms in total. The largest absolute Gasteiger partial charge is 0.481 e. The Morgan fingerprint density at radius 1 is 1.21 bits per heavy atom. The van der Waals surface area contributed by atoms with Crippen LogP contribution in [0.4, 0.5) is 11.8 Å². The van der Waals surface area contributed by atoms with Gasteiger partial charge in [0.15, 0.2) is 0 Å². The van der Waals surface area contributed by atoms with Crippen molar-refractivity contribution in [1.82, 2.24) is 14.9 Å². The van der Waals surface area contributed by atoms with Crippen molar-refractivity contribution < 1.29 is 9.90 Å². The van der Waals surface area contributed by atoms with Gasteiger partial charge in [0, 0.05) is 35.7 Å². The number of halogens is 2. The predicted molar refractivity (Wildman–Crippen MR) is 159 cm³/mol. The summed E-state index contributed by atoms with van der Waals surface area (Å²) in [6.45, 7) is 10.2. The number of nitrogens with one attached hydrogen (secondary N) is 1. The second-order valence-corrected chi connectivity index (χ2v) is 13.7. The van der Waals surface area contributed by atoms with E-state index in [1.54, 1.807) is 17.4 Å². The molecule has 39 heavy (non-hydrogen) atoms. The number of thiophene rings is 1. The standard InChI is InChI=1S/C29H35Cl2N5O2S/c1-16-15-39-26-24(16)25(32-17(2)22-7-6-20(30)9-23(22)31)33-28(34-26)36-13-19(14-36)18-5-4-8-35(12-18)21-10-29(3,11-21)27(37)38/h6-7,9,15,17-19,21H,4-5,8,10-14H2,1-3H3,(H,37,38)(H,32,33,34)/t17?,18-,21?,29?/m0/s1. The molecule has 2 aliphatic heterocycles. The topological polar surface area (TPSA) is 81.6 Å². The molecule has 0 bridgehead atoms. The van der Waals surface area contributed by atoms with Gasteiger partial charge < -0.3 is 20.2 Å². The number of carbonyl (C=O) groups is 1. The average molecular weight is 589 g/mol. The summed E-state index contributed by atoms with van der Waals surface area (Å²) in [7, 11) is 0. The lowest BCUT2D eigenvalue weighted by atomic mass is 9.65. The minimum atomic E-state index is -0.653. The van der Waals surface area contributed by atoms with E-state index >= 15 is 0 Å². The van der Waals surface area contributed by atoms with Crippen molar-refractivity contribution in [2.75, 3.05) is 36.4 Å². The molecule has 2 atom stereocenters. The van der Waals surface area contributed by atoms with E-state index in [9.17, 15) is 9.90 Å². The molecule has 1 aliphatic carbocycles. The molecule has 1 aromatic carbocycles. The Balaban J connectivity index is 1.14. The highest BCUT2D eigenvalue weighted by Gasteiger charge is 2.49. The zero-order valence-corrected chi connectivity index (χ0v) is 24.9. The number of carboxylic acid groups (broad SMARTS) is 1. The van der Waals surface area contributed by atoms with E-state index in [2.05, 4.69) is 34.3 Å². The molecule has 3 fully saturated rings. The Morgan fingerprint density at radius 2 is 1.97 bits per heavy atom. The Morgan fingerprint density at radius 3 is 2.69 bits per heavy atom. The molecule has 0 amide bonds. The molecule has 0 spiro atoms. The van der Waals surface area contributed by atoms with Gasteiger partial charge in [-0.1, -0.05) is 29.3 Å². The quantitative estimate of drug-likeness (QED) is 0.311. The molecule has 1 unspecified atom stereocenters. The molecule has 2 saturated heterocycles. The summed E-state index contributed by atoms with van der Waals surface area (Å²) in [5.41, 5.74) is 1.60. The van der Waals surface area contributed by atoms with Crippen LogP contribution in [0.2, 0.25) is 10.0 Å². The molecule has 1 saturated carbocycles. The minimum absolute atomic E-state index is 0.0492. The molecule has 2 aromatic heterocycles. The van der Waals surface area contributed by atoms with Crippen LogP contribution in [0.3, 0.4) is 0 Å².